The van der Waals surface area contributed by atoms with E-state index in [4.69, 9.17) is 9.94 Å². The van der Waals surface area contributed by atoms with Gasteiger partial charge in [0, 0.05) is 5.69 Å². The zero-order valence-corrected chi connectivity index (χ0v) is 11.9. The zero-order valence-electron chi connectivity index (χ0n) is 11.1. The molecule has 1 aromatic heterocycles. The Morgan fingerprint density at radius 2 is 2.00 bits per heavy atom. The molecule has 1 heterocycles. The summed E-state index contributed by atoms with van der Waals surface area (Å²) in [5, 5.41) is 16.4. The Morgan fingerprint density at radius 3 is 2.60 bits per heavy atom. The van der Waals surface area contributed by atoms with E-state index in [0.29, 0.717) is 22.0 Å². The van der Waals surface area contributed by atoms with Crippen LogP contribution in [-0.2, 0) is 0 Å². The van der Waals surface area contributed by atoms with E-state index < -0.39 is 0 Å². The van der Waals surface area contributed by atoms with E-state index in [1.807, 2.05) is 0 Å². The van der Waals surface area contributed by atoms with Crippen LogP contribution < -0.4 is 10.1 Å². The topological polar surface area (TPSA) is 70.9 Å². The quantitative estimate of drug-likeness (QED) is 0.516. The Balaban J connectivity index is 2.12. The summed E-state index contributed by atoms with van der Waals surface area (Å²) in [7, 11) is 1.53. The first kappa shape index (κ1) is 14.1. The molecule has 0 spiro atoms. The van der Waals surface area contributed by atoms with Crippen LogP contribution in [0.1, 0.15) is 22.2 Å². The monoisotopic (exact) mass is 290 g/mol. The Bertz CT molecular complexity index is 632. The molecule has 0 aliphatic rings. The summed E-state index contributed by atoms with van der Waals surface area (Å²) < 4.78 is 5.12. The number of benzene rings is 1. The van der Waals surface area contributed by atoms with Crippen LogP contribution in [0.5, 0.6) is 5.75 Å². The molecule has 104 valence electrons. The number of ether oxygens (including phenoxy) is 1. The molecule has 2 aromatic rings. The van der Waals surface area contributed by atoms with Crippen molar-refractivity contribution in [3.63, 3.8) is 0 Å². The minimum absolute atomic E-state index is 0.211. The predicted octanol–water partition coefficient (Wildman–Crippen LogP) is 3.21. The highest BCUT2D eigenvalue weighted by atomic mass is 32.1. The van der Waals surface area contributed by atoms with Gasteiger partial charge in [0.2, 0.25) is 0 Å². The molecule has 0 saturated heterocycles. The lowest BCUT2D eigenvalue weighted by molar-refractivity contribution is 0.102. The van der Waals surface area contributed by atoms with Gasteiger partial charge in [-0.05, 0) is 36.1 Å². The van der Waals surface area contributed by atoms with Gasteiger partial charge < -0.3 is 15.3 Å². The molecule has 2 rings (SSSR count). The van der Waals surface area contributed by atoms with Crippen molar-refractivity contribution in [2.45, 2.75) is 6.92 Å². The molecule has 6 heteroatoms. The lowest BCUT2D eigenvalue weighted by Crippen LogP contribution is -2.11. The van der Waals surface area contributed by atoms with E-state index >= 15 is 0 Å². The first-order chi connectivity index (χ1) is 9.65. The van der Waals surface area contributed by atoms with Crippen LogP contribution >= 0.6 is 11.3 Å². The second-order valence-corrected chi connectivity index (χ2v) is 4.95. The van der Waals surface area contributed by atoms with Gasteiger partial charge in [-0.15, -0.1) is 11.3 Å². The van der Waals surface area contributed by atoms with Crippen LogP contribution in [0.4, 0.5) is 5.69 Å². The molecule has 0 aliphatic heterocycles. The third kappa shape index (κ3) is 2.97. The number of amides is 1. The predicted molar refractivity (Wildman–Crippen MR) is 79.3 cm³/mol. The van der Waals surface area contributed by atoms with Crippen molar-refractivity contribution in [2.24, 2.45) is 5.16 Å². The molecular formula is C14H14N2O3S. The van der Waals surface area contributed by atoms with Crippen molar-refractivity contribution in [3.8, 4) is 5.75 Å². The Hall–Kier alpha value is -2.34. The van der Waals surface area contributed by atoms with E-state index in [-0.39, 0.29) is 5.91 Å². The second kappa shape index (κ2) is 6.21. The summed E-state index contributed by atoms with van der Waals surface area (Å²) >= 11 is 1.32. The smallest absolute Gasteiger partial charge is 0.269 e. The molecule has 5 nitrogen and oxygen atoms in total. The van der Waals surface area contributed by atoms with Crippen molar-refractivity contribution in [3.05, 3.63) is 46.2 Å². The third-order valence-corrected chi connectivity index (χ3v) is 3.66. The number of carbonyl (C=O) groups is 1. The highest BCUT2D eigenvalue weighted by Crippen LogP contribution is 2.25. The van der Waals surface area contributed by atoms with Crippen LogP contribution in [-0.4, -0.2) is 23.9 Å². The normalized spacial score (nSPS) is 11.2. The molecule has 1 amide bonds. The number of hydrogen-bond acceptors (Lipinski definition) is 5. The van der Waals surface area contributed by atoms with Gasteiger partial charge in [-0.25, -0.2) is 0 Å². The van der Waals surface area contributed by atoms with Crippen LogP contribution in [0.25, 0.3) is 0 Å². The maximum Gasteiger partial charge on any atom is 0.269 e. The van der Waals surface area contributed by atoms with Crippen molar-refractivity contribution in [2.75, 3.05) is 12.4 Å². The fraction of sp³-hybridized carbons (Fsp3) is 0.143. The summed E-state index contributed by atoms with van der Waals surface area (Å²) in [4.78, 5) is 12.6. The lowest BCUT2D eigenvalue weighted by Gasteiger charge is -2.06. The van der Waals surface area contributed by atoms with Gasteiger partial charge in [-0.1, -0.05) is 17.3 Å². The van der Waals surface area contributed by atoms with E-state index in [1.165, 1.54) is 18.4 Å². The van der Waals surface area contributed by atoms with Crippen molar-refractivity contribution in [1.29, 1.82) is 0 Å². The van der Waals surface area contributed by atoms with Gasteiger partial charge in [0.1, 0.15) is 10.6 Å². The average Bonchev–Trinajstić information content (AvgIpc) is 2.95. The zero-order chi connectivity index (χ0) is 14.5. The summed E-state index contributed by atoms with van der Waals surface area (Å²) in [6.45, 7) is 1.70. The first-order valence-corrected chi connectivity index (χ1v) is 6.75. The largest absolute Gasteiger partial charge is 0.495 e. The highest BCUT2D eigenvalue weighted by molar-refractivity contribution is 7.12. The van der Waals surface area contributed by atoms with E-state index in [1.54, 1.807) is 42.6 Å². The standard InChI is InChI=1S/C14H14N2O3S/c1-9(16-18)10-3-5-11(6-4-10)15-14(17)13-12(19-2)7-8-20-13/h3-8,18H,1-2H3,(H,15,17)/b16-9+. The molecule has 2 N–H and O–H groups in total. The van der Waals surface area contributed by atoms with Crippen LogP contribution in [0.15, 0.2) is 40.9 Å². The Labute approximate surface area is 120 Å². The van der Waals surface area contributed by atoms with Crippen molar-refractivity contribution in [1.82, 2.24) is 0 Å². The van der Waals surface area contributed by atoms with Crippen LogP contribution in [0, 0.1) is 0 Å². The summed E-state index contributed by atoms with van der Waals surface area (Å²) in [5.41, 5.74) is 1.97. The maximum absolute atomic E-state index is 12.1. The van der Waals surface area contributed by atoms with E-state index in [0.717, 1.165) is 5.56 Å². The second-order valence-electron chi connectivity index (χ2n) is 4.03. The van der Waals surface area contributed by atoms with Crippen molar-refractivity contribution >= 4 is 28.6 Å². The van der Waals surface area contributed by atoms with Gasteiger partial charge >= 0.3 is 0 Å². The number of hydrogen-bond donors (Lipinski definition) is 2. The number of rotatable bonds is 4. The molecule has 0 radical (unpaired) electrons. The molecule has 0 atom stereocenters. The van der Waals surface area contributed by atoms with Gasteiger partial charge in [-0.3, -0.25) is 4.79 Å². The molecule has 0 aliphatic carbocycles. The summed E-state index contributed by atoms with van der Waals surface area (Å²) in [6, 6.07) is 8.81. The minimum atomic E-state index is -0.211. The Morgan fingerprint density at radius 1 is 1.30 bits per heavy atom. The number of anilines is 1. The van der Waals surface area contributed by atoms with Crippen molar-refractivity contribution < 1.29 is 14.7 Å². The maximum atomic E-state index is 12.1. The SMILES string of the molecule is COc1ccsc1C(=O)Nc1ccc(/C(C)=N/O)cc1. The van der Waals surface area contributed by atoms with E-state index in [2.05, 4.69) is 10.5 Å². The number of nitrogens with one attached hydrogen (secondary N) is 1. The molecule has 0 fully saturated rings. The average molecular weight is 290 g/mol. The van der Waals surface area contributed by atoms with Gasteiger partial charge in [-0.2, -0.15) is 0 Å². The molecule has 0 unspecified atom stereocenters. The highest BCUT2D eigenvalue weighted by Gasteiger charge is 2.13. The molecule has 20 heavy (non-hydrogen) atoms. The lowest BCUT2D eigenvalue weighted by atomic mass is 10.1. The van der Waals surface area contributed by atoms with Crippen LogP contribution in [0.3, 0.4) is 0 Å². The number of thiophene rings is 1. The van der Waals surface area contributed by atoms with Gasteiger partial charge in [0.15, 0.2) is 0 Å². The molecule has 1 aromatic carbocycles. The van der Waals surface area contributed by atoms with E-state index in [9.17, 15) is 4.79 Å². The van der Waals surface area contributed by atoms with Gasteiger partial charge in [0.25, 0.3) is 5.91 Å². The number of methoxy groups -OCH3 is 1. The number of nitrogens with zero attached hydrogens (tertiary/aromatic N) is 1. The first-order valence-electron chi connectivity index (χ1n) is 5.87. The summed E-state index contributed by atoms with van der Waals surface area (Å²) in [5.74, 6) is 0.351. The van der Waals surface area contributed by atoms with Gasteiger partial charge in [0.05, 0.1) is 12.8 Å². The fourth-order valence-corrected chi connectivity index (χ4v) is 2.42. The molecular weight excluding hydrogens is 276 g/mol. The number of oxime groups is 1. The molecule has 0 saturated carbocycles. The Kier molecular flexibility index (Phi) is 4.37. The summed E-state index contributed by atoms with van der Waals surface area (Å²) in [6.07, 6.45) is 0. The minimum Gasteiger partial charge on any atom is -0.495 e. The van der Waals surface area contributed by atoms with Crippen LogP contribution in [0.2, 0.25) is 0 Å². The third-order valence-electron chi connectivity index (χ3n) is 2.77. The fourth-order valence-electron chi connectivity index (χ4n) is 1.66. The number of carbonyl (C=O) groups excluding carboxylic acids is 1. The molecule has 0 bridgehead atoms.